The van der Waals surface area contributed by atoms with Crippen LogP contribution in [0.1, 0.15) is 43.1 Å². The second kappa shape index (κ2) is 13.4. The van der Waals surface area contributed by atoms with Crippen LogP contribution in [0.5, 0.6) is 11.5 Å². The third-order valence-electron chi connectivity index (χ3n) is 7.21. The Bertz CT molecular complexity index is 1960. The van der Waals surface area contributed by atoms with E-state index in [1.54, 1.807) is 50.2 Å². The summed E-state index contributed by atoms with van der Waals surface area (Å²) < 4.78 is 26.4. The molecule has 0 saturated heterocycles. The summed E-state index contributed by atoms with van der Waals surface area (Å²) in [4.78, 5) is 33.7. The fourth-order valence-corrected chi connectivity index (χ4v) is 7.76. The Hall–Kier alpha value is -4.59. The van der Waals surface area contributed by atoms with Crippen molar-refractivity contribution >= 4 is 51.3 Å². The fourth-order valence-electron chi connectivity index (χ4n) is 5.04. The summed E-state index contributed by atoms with van der Waals surface area (Å²) >= 11 is 3.56. The Morgan fingerprint density at radius 1 is 1.02 bits per heavy atom. The van der Waals surface area contributed by atoms with Crippen molar-refractivity contribution in [1.29, 1.82) is 0 Å². The smallest absolute Gasteiger partial charge is 0.296 e. The predicted octanol–water partition coefficient (Wildman–Crippen LogP) is 7.41. The number of amides is 1. The van der Waals surface area contributed by atoms with Gasteiger partial charge in [-0.15, -0.1) is 21.5 Å². The molecule has 1 atom stereocenters. The van der Waals surface area contributed by atoms with Crippen LogP contribution in [0, 0.1) is 19.7 Å². The first-order valence-electron chi connectivity index (χ1n) is 14.0. The number of anilines is 1. The zero-order chi connectivity index (χ0) is 32.4. The minimum absolute atomic E-state index is 0.104. The minimum Gasteiger partial charge on any atom is -0.503 e. The number of ketones is 1. The Morgan fingerprint density at radius 3 is 2.50 bits per heavy atom. The first-order valence-corrected chi connectivity index (χ1v) is 16.7. The second-order valence-electron chi connectivity index (χ2n) is 10.2. The number of thiazole rings is 1. The largest absolute Gasteiger partial charge is 0.503 e. The molecule has 1 unspecified atom stereocenters. The average molecular weight is 675 g/mol. The van der Waals surface area contributed by atoms with Crippen LogP contribution in [0.25, 0.3) is 0 Å². The van der Waals surface area contributed by atoms with Crippen molar-refractivity contribution in [3.05, 3.63) is 122 Å². The summed E-state index contributed by atoms with van der Waals surface area (Å²) in [5, 5.41) is 20.6. The van der Waals surface area contributed by atoms with Crippen LogP contribution in [0.2, 0.25) is 0 Å². The highest BCUT2D eigenvalue weighted by atomic mass is 32.2. The molecule has 3 heterocycles. The van der Waals surface area contributed by atoms with Crippen LogP contribution in [-0.4, -0.2) is 39.1 Å². The molecule has 0 radical (unpaired) electrons. The molecule has 13 heteroatoms. The maximum absolute atomic E-state index is 14.2. The third-order valence-corrected chi connectivity index (χ3v) is 10.4. The van der Waals surface area contributed by atoms with Gasteiger partial charge in [-0.2, -0.15) is 0 Å². The predicted molar refractivity (Wildman–Crippen MR) is 175 cm³/mol. The number of benzene rings is 3. The van der Waals surface area contributed by atoms with Gasteiger partial charge in [-0.05, 0) is 48.7 Å². The lowest BCUT2D eigenvalue weighted by atomic mass is 9.95. The van der Waals surface area contributed by atoms with Crippen molar-refractivity contribution in [1.82, 2.24) is 15.2 Å². The van der Waals surface area contributed by atoms with Gasteiger partial charge in [-0.25, -0.2) is 9.37 Å². The first-order chi connectivity index (χ1) is 22.2. The molecule has 1 aliphatic rings. The van der Waals surface area contributed by atoms with E-state index < -0.39 is 23.5 Å². The van der Waals surface area contributed by atoms with Crippen molar-refractivity contribution in [2.24, 2.45) is 0 Å². The Labute approximate surface area is 276 Å². The lowest BCUT2D eigenvalue weighted by molar-refractivity contribution is -0.117. The van der Waals surface area contributed by atoms with E-state index in [2.05, 4.69) is 15.2 Å². The monoisotopic (exact) mass is 674 g/mol. The Morgan fingerprint density at radius 2 is 1.78 bits per heavy atom. The number of aliphatic hydroxyl groups excluding tert-OH is 1. The summed E-state index contributed by atoms with van der Waals surface area (Å²) in [7, 11) is 1.50. The number of hydrogen-bond acceptors (Lipinski definition) is 11. The van der Waals surface area contributed by atoms with Crippen molar-refractivity contribution < 1.29 is 28.6 Å². The summed E-state index contributed by atoms with van der Waals surface area (Å²) in [6.45, 7) is 3.80. The van der Waals surface area contributed by atoms with Gasteiger partial charge in [0.05, 0.1) is 34.3 Å². The molecule has 234 valence electrons. The van der Waals surface area contributed by atoms with Gasteiger partial charge in [-0.3, -0.25) is 14.5 Å². The lowest BCUT2D eigenvalue weighted by Crippen LogP contribution is -2.31. The molecule has 0 saturated carbocycles. The number of carbonyl (C=O) groups is 2. The number of thioether (sulfide) groups is 1. The minimum atomic E-state index is -1.06. The Balaban J connectivity index is 1.36. The molecule has 5 aromatic rings. The number of halogens is 1. The molecule has 3 aromatic carbocycles. The number of aryl methyl sites for hydroxylation is 2. The topological polar surface area (TPSA) is 115 Å². The highest BCUT2D eigenvalue weighted by molar-refractivity contribution is 8.00. The number of ether oxygens (including phenoxy) is 2. The highest BCUT2D eigenvalue weighted by Gasteiger charge is 2.47. The number of Topliss-reactive ketones (excluding diaryl/α,β-unsaturated/α-hetero) is 1. The normalized spacial score (nSPS) is 14.7. The standard InChI is InChI=1S/C33H27FN4O5S3/c1-18-30(45-19(2)35-18)28(39)26-27(21-13-14-24(25(15-21)42-3)43-16-20-9-5-4-6-10-20)38(31(41)29(26)40)32-36-37-33(46-32)44-17-22-11-7-8-12-23(22)34/h4-15,27,40H,16-17H2,1-3H3. The van der Waals surface area contributed by atoms with Crippen LogP contribution in [0.15, 0.2) is 88.5 Å². The maximum Gasteiger partial charge on any atom is 0.296 e. The van der Waals surface area contributed by atoms with E-state index in [4.69, 9.17) is 9.47 Å². The molecule has 1 amide bonds. The van der Waals surface area contributed by atoms with E-state index in [-0.39, 0.29) is 16.5 Å². The van der Waals surface area contributed by atoms with E-state index in [1.165, 1.54) is 41.2 Å². The van der Waals surface area contributed by atoms with Crippen LogP contribution in [0.3, 0.4) is 0 Å². The number of aromatic nitrogens is 3. The van der Waals surface area contributed by atoms with Crippen LogP contribution >= 0.6 is 34.4 Å². The van der Waals surface area contributed by atoms with Crippen molar-refractivity contribution in [3.8, 4) is 11.5 Å². The molecule has 46 heavy (non-hydrogen) atoms. The summed E-state index contributed by atoms with van der Waals surface area (Å²) in [5.41, 5.74) is 2.36. The summed E-state index contributed by atoms with van der Waals surface area (Å²) in [5.74, 6) is -1.17. The molecule has 0 aliphatic carbocycles. The van der Waals surface area contributed by atoms with E-state index >= 15 is 0 Å². The van der Waals surface area contributed by atoms with Gasteiger partial charge in [0.2, 0.25) is 10.9 Å². The van der Waals surface area contributed by atoms with Gasteiger partial charge in [0.15, 0.2) is 21.6 Å². The molecule has 0 spiro atoms. The maximum atomic E-state index is 14.2. The molecule has 9 nitrogen and oxygen atoms in total. The highest BCUT2D eigenvalue weighted by Crippen LogP contribution is 2.46. The van der Waals surface area contributed by atoms with Crippen LogP contribution < -0.4 is 14.4 Å². The molecule has 1 N–H and O–H groups in total. The van der Waals surface area contributed by atoms with E-state index in [9.17, 15) is 19.1 Å². The number of nitrogens with zero attached hydrogens (tertiary/aromatic N) is 4. The average Bonchev–Trinajstić information content (AvgIpc) is 3.74. The zero-order valence-corrected chi connectivity index (χ0v) is 27.3. The SMILES string of the molecule is COc1cc(C2C(C(=O)c3sc(C)nc3C)=C(O)C(=O)N2c2nnc(SCc3ccccc3F)s2)ccc1OCc1ccccc1. The van der Waals surface area contributed by atoms with Gasteiger partial charge in [0.1, 0.15) is 12.4 Å². The number of aliphatic hydroxyl groups is 1. The molecular weight excluding hydrogens is 648 g/mol. The summed E-state index contributed by atoms with van der Waals surface area (Å²) in [6.07, 6.45) is 0. The third kappa shape index (κ3) is 6.26. The number of carbonyl (C=O) groups excluding carboxylic acids is 2. The van der Waals surface area contributed by atoms with Crippen molar-refractivity contribution in [2.75, 3.05) is 12.0 Å². The summed E-state index contributed by atoms with van der Waals surface area (Å²) in [6, 6.07) is 20.2. The lowest BCUT2D eigenvalue weighted by Gasteiger charge is -2.25. The zero-order valence-electron chi connectivity index (χ0n) is 24.9. The van der Waals surface area contributed by atoms with Gasteiger partial charge >= 0.3 is 0 Å². The van der Waals surface area contributed by atoms with E-state index in [0.29, 0.717) is 54.9 Å². The molecule has 0 fully saturated rings. The van der Waals surface area contributed by atoms with Crippen molar-refractivity contribution in [2.45, 2.75) is 36.6 Å². The first kappa shape index (κ1) is 31.4. The number of hydrogen-bond donors (Lipinski definition) is 1. The van der Waals surface area contributed by atoms with Gasteiger partial charge in [0, 0.05) is 5.75 Å². The van der Waals surface area contributed by atoms with Gasteiger partial charge < -0.3 is 14.6 Å². The fraction of sp³-hybridized carbons (Fsp3) is 0.182. The molecule has 0 bridgehead atoms. The number of rotatable bonds is 11. The van der Waals surface area contributed by atoms with Gasteiger partial charge in [-0.1, -0.05) is 77.7 Å². The molecular formula is C33H27FN4O5S3. The van der Waals surface area contributed by atoms with Gasteiger partial charge in [0.25, 0.3) is 5.91 Å². The Kier molecular flexibility index (Phi) is 9.15. The molecule has 1 aliphatic heterocycles. The van der Waals surface area contributed by atoms with Crippen LogP contribution in [-0.2, 0) is 17.2 Å². The van der Waals surface area contributed by atoms with Crippen molar-refractivity contribution in [3.63, 3.8) is 0 Å². The molecule has 6 rings (SSSR count). The number of methoxy groups -OCH3 is 1. The molecule has 2 aromatic heterocycles. The van der Waals surface area contributed by atoms with E-state index in [1.807, 2.05) is 30.3 Å². The van der Waals surface area contributed by atoms with Crippen LogP contribution in [0.4, 0.5) is 9.52 Å². The second-order valence-corrected chi connectivity index (χ2v) is 13.6. The quantitative estimate of drug-likeness (QED) is 0.0869. The van der Waals surface area contributed by atoms with E-state index in [0.717, 1.165) is 16.9 Å².